The van der Waals surface area contributed by atoms with Crippen LogP contribution in [-0.2, 0) is 16.4 Å². The minimum Gasteiger partial charge on any atom is -0.299 e. The van der Waals surface area contributed by atoms with Crippen LogP contribution in [0.3, 0.4) is 0 Å². The molecule has 0 heterocycles. The summed E-state index contributed by atoms with van der Waals surface area (Å²) in [5.74, 6) is 0.0420. The molecule has 0 aliphatic heterocycles. The number of halogens is 3. The lowest BCUT2D eigenvalue weighted by molar-refractivity contribution is -0.137. The molecule has 0 N–H and O–H groups in total. The first-order chi connectivity index (χ1) is 7.77. The van der Waals surface area contributed by atoms with Crippen LogP contribution in [0.5, 0.6) is 0 Å². The van der Waals surface area contributed by atoms with E-state index in [1.165, 1.54) is 13.0 Å². The van der Waals surface area contributed by atoms with Crippen LogP contribution in [0, 0.1) is 6.92 Å². The first kappa shape index (κ1) is 12.1. The van der Waals surface area contributed by atoms with Crippen LogP contribution in [0.2, 0.25) is 0 Å². The lowest BCUT2D eigenvalue weighted by atomic mass is 9.88. The van der Waals surface area contributed by atoms with Crippen molar-refractivity contribution in [3.63, 3.8) is 0 Å². The smallest absolute Gasteiger partial charge is 0.299 e. The monoisotopic (exact) mass is 242 g/mol. The van der Waals surface area contributed by atoms with E-state index in [1.54, 1.807) is 6.92 Å². The Morgan fingerprint density at radius 3 is 2.24 bits per heavy atom. The number of hydrogen-bond acceptors (Lipinski definition) is 1. The third kappa shape index (κ3) is 1.96. The number of Topliss-reactive ketones (excluding diaryl/α,β-unsaturated/α-hetero) is 1. The summed E-state index contributed by atoms with van der Waals surface area (Å²) in [7, 11) is 0. The topological polar surface area (TPSA) is 17.1 Å². The van der Waals surface area contributed by atoms with Gasteiger partial charge in [-0.1, -0.05) is 6.07 Å². The van der Waals surface area contributed by atoms with Crippen molar-refractivity contribution in [3.8, 4) is 0 Å². The zero-order valence-electron chi connectivity index (χ0n) is 9.69. The van der Waals surface area contributed by atoms with Gasteiger partial charge in [0.15, 0.2) is 0 Å². The van der Waals surface area contributed by atoms with Crippen LogP contribution in [0.1, 0.15) is 36.5 Å². The van der Waals surface area contributed by atoms with Crippen molar-refractivity contribution >= 4 is 5.78 Å². The number of aryl methyl sites for hydroxylation is 1. The van der Waals surface area contributed by atoms with Gasteiger partial charge in [0.05, 0.1) is 11.0 Å². The number of alkyl halides is 3. The highest BCUT2D eigenvalue weighted by atomic mass is 19.4. The van der Waals surface area contributed by atoms with E-state index in [1.807, 2.05) is 0 Å². The zero-order valence-corrected chi connectivity index (χ0v) is 9.69. The molecule has 2 rings (SSSR count). The summed E-state index contributed by atoms with van der Waals surface area (Å²) >= 11 is 0. The van der Waals surface area contributed by atoms with Crippen molar-refractivity contribution in [1.82, 2.24) is 0 Å². The summed E-state index contributed by atoms with van der Waals surface area (Å²) in [6.07, 6.45) is -2.83. The fraction of sp³-hybridized carbons (Fsp3) is 0.462. The molecule has 1 aliphatic carbocycles. The number of rotatable bonds is 2. The molecule has 0 amide bonds. The van der Waals surface area contributed by atoms with E-state index >= 15 is 0 Å². The summed E-state index contributed by atoms with van der Waals surface area (Å²) in [6.45, 7) is 3.14. The van der Waals surface area contributed by atoms with Crippen molar-refractivity contribution < 1.29 is 18.0 Å². The lowest BCUT2D eigenvalue weighted by Crippen LogP contribution is -2.19. The Morgan fingerprint density at radius 2 is 1.88 bits per heavy atom. The van der Waals surface area contributed by atoms with Gasteiger partial charge in [-0.3, -0.25) is 4.79 Å². The largest absolute Gasteiger partial charge is 0.416 e. The maximum Gasteiger partial charge on any atom is 0.416 e. The van der Waals surface area contributed by atoms with Gasteiger partial charge in [0.1, 0.15) is 5.78 Å². The first-order valence-corrected chi connectivity index (χ1v) is 5.47. The quantitative estimate of drug-likeness (QED) is 0.773. The fourth-order valence-corrected chi connectivity index (χ4v) is 2.31. The Morgan fingerprint density at radius 1 is 1.29 bits per heavy atom. The summed E-state index contributed by atoms with van der Waals surface area (Å²) in [5.41, 5.74) is 0.137. The van der Waals surface area contributed by atoms with Crippen molar-refractivity contribution in [1.29, 1.82) is 0 Å². The second-order valence-corrected chi connectivity index (χ2v) is 4.67. The van der Waals surface area contributed by atoms with Gasteiger partial charge in [0.25, 0.3) is 0 Å². The minimum absolute atomic E-state index is 0.0420. The molecule has 0 radical (unpaired) electrons. The van der Waals surface area contributed by atoms with Crippen LogP contribution in [0.4, 0.5) is 13.2 Å². The van der Waals surface area contributed by atoms with E-state index in [2.05, 4.69) is 0 Å². The van der Waals surface area contributed by atoms with Crippen LogP contribution in [0.15, 0.2) is 18.2 Å². The normalized spacial score (nSPS) is 17.9. The summed E-state index contributed by atoms with van der Waals surface area (Å²) < 4.78 is 37.5. The number of carbonyl (C=O) groups excluding carboxylic acids is 1. The zero-order chi connectivity index (χ0) is 12.8. The molecule has 0 bridgehead atoms. The number of benzene rings is 1. The average molecular weight is 242 g/mol. The van der Waals surface area contributed by atoms with E-state index in [9.17, 15) is 18.0 Å². The molecule has 0 saturated heterocycles. The highest BCUT2D eigenvalue weighted by molar-refractivity contribution is 5.91. The second-order valence-electron chi connectivity index (χ2n) is 4.67. The van der Waals surface area contributed by atoms with Crippen LogP contribution in [0.25, 0.3) is 0 Å². The fourth-order valence-electron chi connectivity index (χ4n) is 2.31. The molecule has 1 fully saturated rings. The molecule has 1 saturated carbocycles. The van der Waals surface area contributed by atoms with Crippen LogP contribution in [-0.4, -0.2) is 5.78 Å². The molecule has 0 aromatic heterocycles. The molecule has 92 valence electrons. The number of ketones is 1. The summed E-state index contributed by atoms with van der Waals surface area (Å²) in [5, 5.41) is 0. The molecular weight excluding hydrogens is 229 g/mol. The maximum atomic E-state index is 12.5. The van der Waals surface area contributed by atoms with Gasteiger partial charge >= 0.3 is 6.18 Å². The predicted octanol–water partition coefficient (Wildman–Crippen LogP) is 3.63. The molecule has 1 aliphatic rings. The number of carbonyl (C=O) groups is 1. The van der Waals surface area contributed by atoms with Crippen molar-refractivity contribution in [2.24, 2.45) is 0 Å². The van der Waals surface area contributed by atoms with Gasteiger partial charge in [-0.2, -0.15) is 13.2 Å². The van der Waals surface area contributed by atoms with Gasteiger partial charge in [-0.05, 0) is 49.9 Å². The van der Waals surface area contributed by atoms with Crippen molar-refractivity contribution in [3.05, 3.63) is 34.9 Å². The van der Waals surface area contributed by atoms with Crippen LogP contribution >= 0.6 is 0 Å². The molecule has 1 aromatic rings. The molecule has 1 aromatic carbocycles. The standard InChI is InChI=1S/C13H13F3O/c1-8-7-10(13(14,15)16)3-4-11(8)12(5-6-12)9(2)17/h3-4,7H,5-6H2,1-2H3. The first-order valence-electron chi connectivity index (χ1n) is 5.47. The Kier molecular flexibility index (Phi) is 2.56. The van der Waals surface area contributed by atoms with E-state index in [4.69, 9.17) is 0 Å². The maximum absolute atomic E-state index is 12.5. The van der Waals surface area contributed by atoms with Gasteiger partial charge in [-0.25, -0.2) is 0 Å². The highest BCUT2D eigenvalue weighted by Crippen LogP contribution is 2.50. The Hall–Kier alpha value is -1.32. The van der Waals surface area contributed by atoms with Gasteiger partial charge in [-0.15, -0.1) is 0 Å². The molecule has 17 heavy (non-hydrogen) atoms. The van der Waals surface area contributed by atoms with Crippen molar-refractivity contribution in [2.75, 3.05) is 0 Å². The lowest BCUT2D eigenvalue weighted by Gasteiger charge is -2.17. The van der Waals surface area contributed by atoms with Crippen LogP contribution < -0.4 is 0 Å². The third-order valence-electron chi connectivity index (χ3n) is 3.49. The van der Waals surface area contributed by atoms with Gasteiger partial charge < -0.3 is 0 Å². The SMILES string of the molecule is CC(=O)C1(c2ccc(C(F)(F)F)cc2C)CC1. The Labute approximate surface area is 97.6 Å². The Bertz CT molecular complexity index is 470. The molecular formula is C13H13F3O. The molecule has 0 spiro atoms. The minimum atomic E-state index is -4.32. The van der Waals surface area contributed by atoms with E-state index < -0.39 is 17.2 Å². The average Bonchev–Trinajstić information content (AvgIpc) is 2.96. The molecule has 1 nitrogen and oxygen atoms in total. The van der Waals surface area contributed by atoms with E-state index in [0.29, 0.717) is 5.56 Å². The second kappa shape index (κ2) is 3.59. The summed E-state index contributed by atoms with van der Waals surface area (Å²) in [6, 6.07) is 3.64. The Balaban J connectivity index is 2.43. The highest BCUT2D eigenvalue weighted by Gasteiger charge is 2.49. The number of hydrogen-bond donors (Lipinski definition) is 0. The van der Waals surface area contributed by atoms with Gasteiger partial charge in [0, 0.05) is 0 Å². The van der Waals surface area contributed by atoms with E-state index in [0.717, 1.165) is 30.5 Å². The van der Waals surface area contributed by atoms with Gasteiger partial charge in [0.2, 0.25) is 0 Å². The van der Waals surface area contributed by atoms with E-state index in [-0.39, 0.29) is 5.78 Å². The third-order valence-corrected chi connectivity index (χ3v) is 3.49. The predicted molar refractivity (Wildman–Crippen MR) is 57.8 cm³/mol. The molecule has 0 atom stereocenters. The molecule has 0 unspecified atom stereocenters. The summed E-state index contributed by atoms with van der Waals surface area (Å²) in [4.78, 5) is 11.5. The van der Waals surface area contributed by atoms with Crippen molar-refractivity contribution in [2.45, 2.75) is 38.3 Å². The molecule has 4 heteroatoms.